The van der Waals surface area contributed by atoms with Gasteiger partial charge < -0.3 is 20.1 Å². The predicted molar refractivity (Wildman–Crippen MR) is 143 cm³/mol. The molecule has 0 unspecified atom stereocenters. The van der Waals surface area contributed by atoms with Crippen LogP contribution in [0.15, 0.2) is 43.0 Å². The number of piperazine rings is 1. The zero-order valence-electron chi connectivity index (χ0n) is 20.8. The molecule has 6 rings (SSSR count). The summed E-state index contributed by atoms with van der Waals surface area (Å²) in [5, 5.41) is 11.3. The average Bonchev–Trinajstić information content (AvgIpc) is 3.53. The summed E-state index contributed by atoms with van der Waals surface area (Å²) in [5.74, 6) is 0.606. The van der Waals surface area contributed by atoms with E-state index in [9.17, 15) is 4.79 Å². The highest BCUT2D eigenvalue weighted by Crippen LogP contribution is 2.31. The smallest absolute Gasteiger partial charge is 0.224 e. The molecule has 0 atom stereocenters. The molecule has 5 aromatic heterocycles. The quantitative estimate of drug-likeness (QED) is 0.326. The summed E-state index contributed by atoms with van der Waals surface area (Å²) in [6, 6.07) is 5.94. The third-order valence-electron chi connectivity index (χ3n) is 6.68. The molecule has 0 radical (unpaired) electrons. The highest BCUT2D eigenvalue weighted by atomic mass is 16.1. The van der Waals surface area contributed by atoms with E-state index in [1.54, 1.807) is 18.6 Å². The molecule has 1 fully saturated rings. The van der Waals surface area contributed by atoms with Gasteiger partial charge in [-0.25, -0.2) is 15.0 Å². The van der Waals surface area contributed by atoms with Gasteiger partial charge in [0.15, 0.2) is 17.1 Å². The highest BCUT2D eigenvalue weighted by Gasteiger charge is 2.21. The minimum Gasteiger partial charge on any atom is -0.367 e. The fourth-order valence-corrected chi connectivity index (χ4v) is 4.67. The predicted octanol–water partition coefficient (Wildman–Crippen LogP) is 3.45. The first-order valence-electron chi connectivity index (χ1n) is 12.5. The van der Waals surface area contributed by atoms with Crippen molar-refractivity contribution in [2.24, 2.45) is 0 Å². The Bertz CT molecular complexity index is 1580. The molecule has 0 saturated carbocycles. The van der Waals surface area contributed by atoms with Crippen molar-refractivity contribution in [1.82, 2.24) is 40.0 Å². The number of aromatic amines is 2. The number of carbonyl (C=O) groups is 1. The van der Waals surface area contributed by atoms with Gasteiger partial charge in [-0.15, -0.1) is 0 Å². The van der Waals surface area contributed by atoms with E-state index in [-0.39, 0.29) is 5.91 Å². The van der Waals surface area contributed by atoms with Gasteiger partial charge in [-0.1, -0.05) is 6.92 Å². The van der Waals surface area contributed by atoms with E-state index in [0.717, 1.165) is 66.0 Å². The van der Waals surface area contributed by atoms with Crippen LogP contribution >= 0.6 is 0 Å². The third kappa shape index (κ3) is 4.49. The number of imidazole rings is 1. The molecule has 5 aromatic rings. The Labute approximate surface area is 213 Å². The van der Waals surface area contributed by atoms with E-state index >= 15 is 0 Å². The fourth-order valence-electron chi connectivity index (χ4n) is 4.67. The molecular formula is C26H28N10O. The monoisotopic (exact) mass is 496 g/mol. The van der Waals surface area contributed by atoms with Crippen molar-refractivity contribution in [3.63, 3.8) is 0 Å². The number of H-pyrrole nitrogens is 2. The van der Waals surface area contributed by atoms with Gasteiger partial charge in [0, 0.05) is 62.3 Å². The number of nitrogens with one attached hydrogen (secondary N) is 3. The topological polar surface area (TPSA) is 132 Å². The maximum Gasteiger partial charge on any atom is 0.224 e. The summed E-state index contributed by atoms with van der Waals surface area (Å²) in [7, 11) is 2.14. The van der Waals surface area contributed by atoms with Crippen LogP contribution in [0.5, 0.6) is 0 Å². The van der Waals surface area contributed by atoms with Crippen LogP contribution in [0.2, 0.25) is 0 Å². The molecule has 1 amide bonds. The Morgan fingerprint density at radius 2 is 1.89 bits per heavy atom. The zero-order valence-corrected chi connectivity index (χ0v) is 20.8. The summed E-state index contributed by atoms with van der Waals surface area (Å²) in [4.78, 5) is 38.4. The van der Waals surface area contributed by atoms with Crippen LogP contribution in [0.4, 0.5) is 11.4 Å². The van der Waals surface area contributed by atoms with Gasteiger partial charge in [-0.2, -0.15) is 5.10 Å². The Morgan fingerprint density at radius 3 is 2.73 bits per heavy atom. The lowest BCUT2D eigenvalue weighted by atomic mass is 10.1. The first-order chi connectivity index (χ1) is 18.1. The molecule has 1 aliphatic rings. The van der Waals surface area contributed by atoms with Crippen LogP contribution in [0.3, 0.4) is 0 Å². The lowest BCUT2D eigenvalue weighted by Crippen LogP contribution is -2.44. The molecule has 1 saturated heterocycles. The molecular weight excluding hydrogens is 468 g/mol. The van der Waals surface area contributed by atoms with Gasteiger partial charge in [0.25, 0.3) is 0 Å². The van der Waals surface area contributed by atoms with Crippen molar-refractivity contribution in [1.29, 1.82) is 0 Å². The van der Waals surface area contributed by atoms with Gasteiger partial charge in [0.05, 0.1) is 23.0 Å². The number of aromatic nitrogens is 7. The number of fused-ring (bicyclic) bond motifs is 2. The van der Waals surface area contributed by atoms with Gasteiger partial charge in [0.1, 0.15) is 11.2 Å². The normalized spacial score (nSPS) is 14.5. The molecule has 0 aliphatic carbocycles. The van der Waals surface area contributed by atoms with Crippen LogP contribution in [-0.2, 0) is 4.79 Å². The van der Waals surface area contributed by atoms with E-state index in [1.807, 2.05) is 31.3 Å². The van der Waals surface area contributed by atoms with Crippen molar-refractivity contribution < 1.29 is 4.79 Å². The number of amides is 1. The van der Waals surface area contributed by atoms with Crippen molar-refractivity contribution >= 4 is 39.5 Å². The SMILES string of the molecule is CCCC(=O)Nc1cncc(-c2cnc3[nH]nc(-c4nc5c(N6CCN(C)CC6)ccnc5[nH]4)c3c2)c1. The zero-order chi connectivity index (χ0) is 25.4. The summed E-state index contributed by atoms with van der Waals surface area (Å²) in [5.41, 5.74) is 6.34. The molecule has 0 aromatic carbocycles. The fraction of sp³-hybridized carbons (Fsp3) is 0.308. The van der Waals surface area contributed by atoms with Crippen LogP contribution < -0.4 is 10.2 Å². The van der Waals surface area contributed by atoms with Crippen molar-refractivity contribution in [2.75, 3.05) is 43.4 Å². The number of hydrogen-bond acceptors (Lipinski definition) is 8. The first kappa shape index (κ1) is 23.0. The number of rotatable bonds is 6. The number of carbonyl (C=O) groups excluding carboxylic acids is 1. The Kier molecular flexibility index (Phi) is 5.97. The van der Waals surface area contributed by atoms with Crippen molar-refractivity contribution in [3.8, 4) is 22.6 Å². The summed E-state index contributed by atoms with van der Waals surface area (Å²) in [6.45, 7) is 5.89. The van der Waals surface area contributed by atoms with Gasteiger partial charge >= 0.3 is 0 Å². The molecule has 11 nitrogen and oxygen atoms in total. The number of anilines is 2. The van der Waals surface area contributed by atoms with E-state index in [2.05, 4.69) is 52.3 Å². The second-order valence-corrected chi connectivity index (χ2v) is 9.36. The number of pyridine rings is 3. The molecule has 188 valence electrons. The van der Waals surface area contributed by atoms with E-state index in [0.29, 0.717) is 29.3 Å². The molecule has 3 N–H and O–H groups in total. The van der Waals surface area contributed by atoms with Gasteiger partial charge in [-0.05, 0) is 31.7 Å². The van der Waals surface area contributed by atoms with E-state index in [4.69, 9.17) is 4.98 Å². The second kappa shape index (κ2) is 9.58. The van der Waals surface area contributed by atoms with Crippen LogP contribution in [0.1, 0.15) is 19.8 Å². The second-order valence-electron chi connectivity index (χ2n) is 9.36. The molecule has 6 heterocycles. The van der Waals surface area contributed by atoms with Crippen molar-refractivity contribution in [3.05, 3.63) is 43.0 Å². The Hall–Kier alpha value is -4.38. The molecule has 1 aliphatic heterocycles. The van der Waals surface area contributed by atoms with Gasteiger partial charge in [0.2, 0.25) is 5.91 Å². The maximum absolute atomic E-state index is 12.0. The van der Waals surface area contributed by atoms with Crippen LogP contribution in [0.25, 0.3) is 44.8 Å². The molecule has 37 heavy (non-hydrogen) atoms. The lowest BCUT2D eigenvalue weighted by Gasteiger charge is -2.33. The number of nitrogens with zero attached hydrogens (tertiary/aromatic N) is 7. The first-order valence-corrected chi connectivity index (χ1v) is 12.5. The summed E-state index contributed by atoms with van der Waals surface area (Å²) >= 11 is 0. The molecule has 0 spiro atoms. The third-order valence-corrected chi connectivity index (χ3v) is 6.68. The minimum absolute atomic E-state index is 0.0263. The standard InChI is InChI=1S/C26H28N10O/c1-3-4-21(37)30-18-11-16(13-27-15-18)17-12-19-22(33-34-24(19)29-14-17)26-31-23-20(5-6-28-25(23)32-26)36-9-7-35(2)8-10-36/h5-6,11-15H,3-4,7-10H2,1-2H3,(H,30,37)(H,28,31,32)(H,29,33,34). The number of hydrogen-bond donors (Lipinski definition) is 3. The summed E-state index contributed by atoms with van der Waals surface area (Å²) < 4.78 is 0. The average molecular weight is 497 g/mol. The van der Waals surface area contributed by atoms with Crippen molar-refractivity contribution in [2.45, 2.75) is 19.8 Å². The lowest BCUT2D eigenvalue weighted by molar-refractivity contribution is -0.116. The Balaban J connectivity index is 1.35. The Morgan fingerprint density at radius 1 is 1.05 bits per heavy atom. The summed E-state index contributed by atoms with van der Waals surface area (Å²) in [6.07, 6.45) is 8.25. The highest BCUT2D eigenvalue weighted by molar-refractivity contribution is 5.95. The van der Waals surface area contributed by atoms with Crippen LogP contribution in [-0.4, -0.2) is 79.2 Å². The minimum atomic E-state index is -0.0263. The van der Waals surface area contributed by atoms with Gasteiger partial charge in [-0.3, -0.25) is 14.9 Å². The molecule has 11 heteroatoms. The van der Waals surface area contributed by atoms with E-state index < -0.39 is 0 Å². The van der Waals surface area contributed by atoms with E-state index in [1.165, 1.54) is 0 Å². The van der Waals surface area contributed by atoms with Crippen LogP contribution in [0, 0.1) is 0 Å². The molecule has 0 bridgehead atoms. The number of likely N-dealkylation sites (N-methyl/N-ethyl adjacent to an activating group) is 1. The largest absolute Gasteiger partial charge is 0.367 e. The maximum atomic E-state index is 12.0.